The van der Waals surface area contributed by atoms with E-state index in [1.807, 2.05) is 19.2 Å². The van der Waals surface area contributed by atoms with E-state index < -0.39 is 6.03 Å². The van der Waals surface area contributed by atoms with Crippen molar-refractivity contribution in [1.29, 1.82) is 0 Å². The Labute approximate surface area is 274 Å². The number of fused-ring (bicyclic) bond motifs is 1. The maximum absolute atomic E-state index is 15.1. The predicted octanol–water partition coefficient (Wildman–Crippen LogP) is 6.39. The smallest absolute Gasteiger partial charge is 0.328 e. The number of piperidine rings is 1. The second-order valence-corrected chi connectivity index (χ2v) is 12.8. The predicted molar refractivity (Wildman–Crippen MR) is 180 cm³/mol. The van der Waals surface area contributed by atoms with Gasteiger partial charge in [0.15, 0.2) is 0 Å². The van der Waals surface area contributed by atoms with Gasteiger partial charge >= 0.3 is 6.03 Å². The maximum atomic E-state index is 15.1. The standard InChI is InChI=1S/C38H39FN4O4/c1-41(23-27-9-12-30(21-34(27)39)43-20-17-36(45)40-38(43)46)28-15-18-42(19-16-28)29-10-7-26(8-11-29)37-32-14-13-31(44)22-35(32)47-24-33(37)25-5-3-2-4-6-25/h2-14,21-22,28,33,37,44H,15-20,23-24H2,1H3,(H,40,45,46). The summed E-state index contributed by atoms with van der Waals surface area (Å²) in [6.07, 6.45) is 2.13. The SMILES string of the molecule is CN(Cc1ccc(N2CCC(=O)NC2=O)cc1F)C1CCN(c2ccc(C3c4ccc(O)cc4OCC3c3ccccc3)cc2)CC1. The average molecular weight is 635 g/mol. The lowest BCUT2D eigenvalue weighted by Crippen LogP contribution is -2.49. The van der Waals surface area contributed by atoms with Gasteiger partial charge in [-0.25, -0.2) is 9.18 Å². The molecule has 7 rings (SSSR count). The highest BCUT2D eigenvalue weighted by Crippen LogP contribution is 2.47. The minimum atomic E-state index is -0.515. The molecule has 2 unspecified atom stereocenters. The van der Waals surface area contributed by atoms with Crippen molar-refractivity contribution in [3.63, 3.8) is 0 Å². The third kappa shape index (κ3) is 6.40. The quantitative estimate of drug-likeness (QED) is 0.245. The van der Waals surface area contributed by atoms with Crippen molar-refractivity contribution in [3.8, 4) is 11.5 Å². The second-order valence-electron chi connectivity index (χ2n) is 12.8. The number of ether oxygens (including phenoxy) is 1. The summed E-state index contributed by atoms with van der Waals surface area (Å²) in [6, 6.07) is 29.5. The monoisotopic (exact) mass is 634 g/mol. The fourth-order valence-electron chi connectivity index (χ4n) is 7.30. The minimum absolute atomic E-state index is 0.103. The van der Waals surface area contributed by atoms with Crippen LogP contribution in [0.3, 0.4) is 0 Å². The number of amides is 3. The van der Waals surface area contributed by atoms with Crippen LogP contribution in [0.4, 0.5) is 20.6 Å². The number of nitrogens with zero attached hydrogens (tertiary/aromatic N) is 3. The third-order valence-electron chi connectivity index (χ3n) is 9.91. The molecule has 47 heavy (non-hydrogen) atoms. The molecule has 0 bridgehead atoms. The Hall–Kier alpha value is -4.89. The van der Waals surface area contributed by atoms with Crippen LogP contribution in [-0.4, -0.2) is 61.3 Å². The fraction of sp³-hybridized carbons (Fsp3) is 0.316. The number of hydrogen-bond acceptors (Lipinski definition) is 6. The van der Waals surface area contributed by atoms with E-state index in [1.54, 1.807) is 24.3 Å². The van der Waals surface area contributed by atoms with Crippen molar-refractivity contribution in [1.82, 2.24) is 10.2 Å². The van der Waals surface area contributed by atoms with Gasteiger partial charge in [0.05, 0.1) is 6.61 Å². The third-order valence-corrected chi connectivity index (χ3v) is 9.91. The largest absolute Gasteiger partial charge is 0.508 e. The Bertz CT molecular complexity index is 1760. The highest BCUT2D eigenvalue weighted by atomic mass is 19.1. The summed E-state index contributed by atoms with van der Waals surface area (Å²) in [6.45, 7) is 3.08. The molecule has 2 saturated heterocycles. The first-order valence-electron chi connectivity index (χ1n) is 16.3. The molecule has 2 N–H and O–H groups in total. The van der Waals surface area contributed by atoms with Crippen molar-refractivity contribution in [2.75, 3.05) is 43.1 Å². The van der Waals surface area contributed by atoms with Gasteiger partial charge in [-0.1, -0.05) is 54.6 Å². The average Bonchev–Trinajstić information content (AvgIpc) is 3.09. The molecule has 0 aromatic heterocycles. The molecule has 9 heteroatoms. The van der Waals surface area contributed by atoms with Crippen molar-refractivity contribution >= 4 is 23.3 Å². The number of nitrogens with one attached hydrogen (secondary N) is 1. The zero-order valence-electron chi connectivity index (χ0n) is 26.4. The van der Waals surface area contributed by atoms with Crippen LogP contribution in [0.1, 0.15) is 53.4 Å². The van der Waals surface area contributed by atoms with Crippen molar-refractivity contribution < 1.29 is 23.8 Å². The van der Waals surface area contributed by atoms with Crippen LogP contribution >= 0.6 is 0 Å². The summed E-state index contributed by atoms with van der Waals surface area (Å²) >= 11 is 0. The molecule has 0 radical (unpaired) electrons. The van der Waals surface area contributed by atoms with Crippen LogP contribution in [0.5, 0.6) is 11.5 Å². The van der Waals surface area contributed by atoms with Gasteiger partial charge in [0.1, 0.15) is 17.3 Å². The molecule has 8 nitrogen and oxygen atoms in total. The molecule has 2 fully saturated rings. The molecule has 242 valence electrons. The number of phenolic OH excluding ortho intramolecular Hbond substituents is 1. The maximum Gasteiger partial charge on any atom is 0.328 e. The van der Waals surface area contributed by atoms with Gasteiger partial charge in [-0.05, 0) is 61.3 Å². The summed E-state index contributed by atoms with van der Waals surface area (Å²) in [4.78, 5) is 29.7. The minimum Gasteiger partial charge on any atom is -0.508 e. The first-order chi connectivity index (χ1) is 22.8. The van der Waals surface area contributed by atoms with Crippen LogP contribution in [0, 0.1) is 5.82 Å². The molecule has 0 aliphatic carbocycles. The summed E-state index contributed by atoms with van der Waals surface area (Å²) in [5, 5.41) is 12.4. The van der Waals surface area contributed by atoms with Crippen LogP contribution in [0.15, 0.2) is 91.0 Å². The zero-order chi connectivity index (χ0) is 32.5. The van der Waals surface area contributed by atoms with Crippen LogP contribution < -0.4 is 19.9 Å². The number of benzene rings is 4. The van der Waals surface area contributed by atoms with E-state index in [0.717, 1.165) is 37.2 Å². The van der Waals surface area contributed by atoms with Crippen LogP contribution in [-0.2, 0) is 11.3 Å². The number of halogens is 1. The summed E-state index contributed by atoms with van der Waals surface area (Å²) in [5.74, 6) is 0.535. The van der Waals surface area contributed by atoms with Gasteiger partial charge in [0.2, 0.25) is 5.91 Å². The number of aromatic hydroxyl groups is 1. The zero-order valence-corrected chi connectivity index (χ0v) is 26.4. The van der Waals surface area contributed by atoms with Gasteiger partial charge in [-0.3, -0.25) is 19.9 Å². The summed E-state index contributed by atoms with van der Waals surface area (Å²) in [5.41, 5.74) is 5.76. The normalized spacial score (nSPS) is 20.1. The number of carbonyl (C=O) groups excluding carboxylic acids is 2. The van der Waals surface area contributed by atoms with E-state index in [0.29, 0.717) is 30.4 Å². The molecule has 4 aromatic carbocycles. The molecule has 3 amide bonds. The first-order valence-corrected chi connectivity index (χ1v) is 16.3. The number of anilines is 2. The van der Waals surface area contributed by atoms with E-state index in [4.69, 9.17) is 4.74 Å². The van der Waals surface area contributed by atoms with Gasteiger partial charge in [-0.15, -0.1) is 0 Å². The fourth-order valence-corrected chi connectivity index (χ4v) is 7.30. The second kappa shape index (κ2) is 13.1. The van der Waals surface area contributed by atoms with Gasteiger partial charge in [0, 0.05) is 79.0 Å². The molecule has 4 aromatic rings. The lowest BCUT2D eigenvalue weighted by Gasteiger charge is -2.38. The number of rotatable bonds is 7. The molecular formula is C38H39FN4O4. The highest BCUT2D eigenvalue weighted by molar-refractivity contribution is 6.05. The van der Waals surface area contributed by atoms with Gasteiger partial charge in [0.25, 0.3) is 0 Å². The number of imide groups is 1. The topological polar surface area (TPSA) is 85.4 Å². The Kier molecular flexibility index (Phi) is 8.56. The Balaban J connectivity index is 0.996. The Morgan fingerprint density at radius 3 is 2.36 bits per heavy atom. The van der Waals surface area contributed by atoms with Gasteiger partial charge in [-0.2, -0.15) is 0 Å². The molecule has 2 atom stereocenters. The lowest BCUT2D eigenvalue weighted by atomic mass is 9.76. The molecular weight excluding hydrogens is 595 g/mol. The number of phenols is 1. The number of urea groups is 1. The highest BCUT2D eigenvalue weighted by Gasteiger charge is 2.34. The summed E-state index contributed by atoms with van der Waals surface area (Å²) in [7, 11) is 2.04. The van der Waals surface area contributed by atoms with E-state index in [1.165, 1.54) is 27.8 Å². The van der Waals surface area contributed by atoms with E-state index in [2.05, 4.69) is 63.6 Å². The molecule has 3 aliphatic heterocycles. The number of carbonyl (C=O) groups is 2. The van der Waals surface area contributed by atoms with E-state index in [-0.39, 0.29) is 42.3 Å². The molecule has 0 saturated carbocycles. The summed E-state index contributed by atoms with van der Waals surface area (Å²) < 4.78 is 21.3. The Morgan fingerprint density at radius 1 is 0.894 bits per heavy atom. The van der Waals surface area contributed by atoms with Crippen molar-refractivity contribution in [2.45, 2.75) is 43.7 Å². The molecule has 3 aliphatic rings. The molecule has 0 spiro atoms. The Morgan fingerprint density at radius 2 is 1.64 bits per heavy atom. The lowest BCUT2D eigenvalue weighted by molar-refractivity contribution is -0.120. The molecule has 3 heterocycles. The first kappa shape index (κ1) is 30.7. The van der Waals surface area contributed by atoms with Crippen LogP contribution in [0.25, 0.3) is 0 Å². The number of hydrogen-bond donors (Lipinski definition) is 2. The van der Waals surface area contributed by atoms with E-state index in [9.17, 15) is 14.7 Å². The van der Waals surface area contributed by atoms with Crippen molar-refractivity contribution in [3.05, 3.63) is 119 Å². The van der Waals surface area contributed by atoms with E-state index >= 15 is 4.39 Å². The van der Waals surface area contributed by atoms with Gasteiger partial charge < -0.3 is 14.7 Å². The van der Waals surface area contributed by atoms with Crippen molar-refractivity contribution in [2.24, 2.45) is 0 Å². The van der Waals surface area contributed by atoms with Crippen LogP contribution in [0.2, 0.25) is 0 Å².